The molecule has 0 spiro atoms. The number of para-hydroxylation sites is 2. The predicted octanol–water partition coefficient (Wildman–Crippen LogP) is 2.53. The highest BCUT2D eigenvalue weighted by Gasteiger charge is 2.22. The number of rotatable bonds is 8. The summed E-state index contributed by atoms with van der Waals surface area (Å²) >= 11 is 0. The monoisotopic (exact) mass is 265 g/mol. The van der Waals surface area contributed by atoms with E-state index in [1.54, 1.807) is 0 Å². The summed E-state index contributed by atoms with van der Waals surface area (Å²) in [6.07, 6.45) is 0.554. The molecule has 0 aromatic heterocycles. The lowest BCUT2D eigenvalue weighted by atomic mass is 10.3. The van der Waals surface area contributed by atoms with Gasteiger partial charge in [-0.05, 0) is 25.2 Å². The summed E-state index contributed by atoms with van der Waals surface area (Å²) in [5.74, 6) is 1.66. The van der Waals surface area contributed by atoms with Gasteiger partial charge in [0, 0.05) is 13.0 Å². The van der Waals surface area contributed by atoms with Crippen LogP contribution in [0.15, 0.2) is 24.3 Å². The molecule has 0 unspecified atom stereocenters. The summed E-state index contributed by atoms with van der Waals surface area (Å²) in [7, 11) is 0. The van der Waals surface area contributed by atoms with Crippen molar-refractivity contribution in [2.45, 2.75) is 26.6 Å². The van der Waals surface area contributed by atoms with Crippen molar-refractivity contribution in [3.8, 4) is 11.5 Å². The summed E-state index contributed by atoms with van der Waals surface area (Å²) in [6.45, 7) is 8.90. The standard InChI is InChI=1S/C15H23NO3/c1-3-16(4-2)10-12-17-11-9-15-18-13-7-5-6-8-14(13)19-15/h5-8,15H,3-4,9-12H2,1-2H3. The molecule has 0 fully saturated rings. The van der Waals surface area contributed by atoms with Crippen molar-refractivity contribution < 1.29 is 14.2 Å². The van der Waals surface area contributed by atoms with Crippen LogP contribution in [0.4, 0.5) is 0 Å². The quantitative estimate of drug-likeness (QED) is 0.676. The summed E-state index contributed by atoms with van der Waals surface area (Å²) in [4.78, 5) is 2.35. The summed E-state index contributed by atoms with van der Waals surface area (Å²) in [5.41, 5.74) is 0. The lowest BCUT2D eigenvalue weighted by Gasteiger charge is -2.18. The summed E-state index contributed by atoms with van der Waals surface area (Å²) in [6, 6.07) is 7.75. The molecule has 0 saturated carbocycles. The van der Waals surface area contributed by atoms with Crippen molar-refractivity contribution in [2.24, 2.45) is 0 Å². The van der Waals surface area contributed by atoms with E-state index in [9.17, 15) is 0 Å². The van der Waals surface area contributed by atoms with Gasteiger partial charge in [-0.1, -0.05) is 26.0 Å². The first-order valence-corrected chi connectivity index (χ1v) is 7.06. The van der Waals surface area contributed by atoms with Gasteiger partial charge in [-0.15, -0.1) is 0 Å². The van der Waals surface area contributed by atoms with E-state index in [2.05, 4.69) is 18.7 Å². The van der Waals surface area contributed by atoms with Crippen molar-refractivity contribution in [2.75, 3.05) is 32.8 Å². The molecular formula is C15H23NO3. The van der Waals surface area contributed by atoms with Gasteiger partial charge in [0.1, 0.15) is 0 Å². The van der Waals surface area contributed by atoms with Crippen LogP contribution in [0.1, 0.15) is 20.3 Å². The van der Waals surface area contributed by atoms with Gasteiger partial charge >= 0.3 is 0 Å². The second-order valence-electron chi connectivity index (χ2n) is 4.54. The van der Waals surface area contributed by atoms with E-state index in [-0.39, 0.29) is 6.29 Å². The third-order valence-corrected chi connectivity index (χ3v) is 3.31. The van der Waals surface area contributed by atoms with Gasteiger partial charge in [0.2, 0.25) is 6.29 Å². The SMILES string of the molecule is CCN(CC)CCOCCC1Oc2ccccc2O1. The third kappa shape index (κ3) is 4.11. The number of hydrogen-bond acceptors (Lipinski definition) is 4. The van der Waals surface area contributed by atoms with E-state index in [0.717, 1.165) is 44.2 Å². The minimum atomic E-state index is -0.203. The minimum Gasteiger partial charge on any atom is -0.451 e. The van der Waals surface area contributed by atoms with Gasteiger partial charge in [0.05, 0.1) is 13.2 Å². The molecule has 0 bridgehead atoms. The Morgan fingerprint density at radius 1 is 1.05 bits per heavy atom. The zero-order valence-electron chi connectivity index (χ0n) is 11.8. The van der Waals surface area contributed by atoms with E-state index in [1.807, 2.05) is 24.3 Å². The molecule has 0 radical (unpaired) electrons. The molecule has 0 saturated heterocycles. The fourth-order valence-electron chi connectivity index (χ4n) is 2.09. The van der Waals surface area contributed by atoms with Gasteiger partial charge in [0.25, 0.3) is 0 Å². The van der Waals surface area contributed by atoms with E-state index >= 15 is 0 Å². The van der Waals surface area contributed by atoms with E-state index in [1.165, 1.54) is 0 Å². The highest BCUT2D eigenvalue weighted by Crippen LogP contribution is 2.34. The Morgan fingerprint density at radius 3 is 2.26 bits per heavy atom. The Hall–Kier alpha value is -1.26. The number of hydrogen-bond donors (Lipinski definition) is 0. The Balaban J connectivity index is 1.58. The first kappa shape index (κ1) is 14.2. The molecule has 1 heterocycles. The van der Waals surface area contributed by atoms with Crippen LogP contribution in [0, 0.1) is 0 Å². The summed E-state index contributed by atoms with van der Waals surface area (Å²) in [5, 5.41) is 0. The van der Waals surface area contributed by atoms with Crippen LogP contribution in [-0.2, 0) is 4.74 Å². The number of benzene rings is 1. The number of ether oxygens (including phenoxy) is 3. The predicted molar refractivity (Wildman–Crippen MR) is 74.7 cm³/mol. The van der Waals surface area contributed by atoms with Crippen LogP contribution in [0.5, 0.6) is 11.5 Å². The lowest BCUT2D eigenvalue weighted by Crippen LogP contribution is -2.28. The van der Waals surface area contributed by atoms with Crippen LogP contribution in [0.3, 0.4) is 0 Å². The highest BCUT2D eigenvalue weighted by molar-refractivity contribution is 5.41. The molecule has 0 atom stereocenters. The van der Waals surface area contributed by atoms with Crippen molar-refractivity contribution in [1.82, 2.24) is 4.90 Å². The Kier molecular flexibility index (Phi) is 5.48. The summed E-state index contributed by atoms with van der Waals surface area (Å²) < 4.78 is 17.0. The normalized spacial score (nSPS) is 14.3. The first-order chi connectivity index (χ1) is 9.33. The zero-order valence-corrected chi connectivity index (χ0v) is 11.8. The van der Waals surface area contributed by atoms with Crippen LogP contribution in [0.25, 0.3) is 0 Å². The molecule has 19 heavy (non-hydrogen) atoms. The van der Waals surface area contributed by atoms with Crippen molar-refractivity contribution in [3.63, 3.8) is 0 Å². The molecule has 0 N–H and O–H groups in total. The molecule has 4 nitrogen and oxygen atoms in total. The zero-order chi connectivity index (χ0) is 13.5. The molecule has 0 amide bonds. The first-order valence-electron chi connectivity index (χ1n) is 7.06. The van der Waals surface area contributed by atoms with E-state index in [4.69, 9.17) is 14.2 Å². The fourth-order valence-corrected chi connectivity index (χ4v) is 2.09. The van der Waals surface area contributed by atoms with Gasteiger partial charge < -0.3 is 19.1 Å². The Bertz CT molecular complexity index is 354. The average molecular weight is 265 g/mol. The topological polar surface area (TPSA) is 30.9 Å². The van der Waals surface area contributed by atoms with Crippen LogP contribution in [-0.4, -0.2) is 44.0 Å². The molecular weight excluding hydrogens is 242 g/mol. The molecule has 1 aromatic rings. The second-order valence-corrected chi connectivity index (χ2v) is 4.54. The van der Waals surface area contributed by atoms with Crippen molar-refractivity contribution >= 4 is 0 Å². The molecule has 1 aliphatic rings. The Labute approximate surface area is 115 Å². The molecule has 4 heteroatoms. The van der Waals surface area contributed by atoms with Crippen molar-refractivity contribution in [1.29, 1.82) is 0 Å². The average Bonchev–Trinajstić information content (AvgIpc) is 2.85. The van der Waals surface area contributed by atoms with Crippen LogP contribution < -0.4 is 9.47 Å². The largest absolute Gasteiger partial charge is 0.451 e. The molecule has 0 aliphatic carbocycles. The molecule has 1 aromatic carbocycles. The maximum Gasteiger partial charge on any atom is 0.243 e. The van der Waals surface area contributed by atoms with Crippen LogP contribution >= 0.6 is 0 Å². The minimum absolute atomic E-state index is 0.203. The fraction of sp³-hybridized carbons (Fsp3) is 0.600. The number of likely N-dealkylation sites (N-methyl/N-ethyl adjacent to an activating group) is 1. The maximum atomic E-state index is 5.66. The van der Waals surface area contributed by atoms with Gasteiger partial charge in [-0.3, -0.25) is 0 Å². The molecule has 106 valence electrons. The molecule has 1 aliphatic heterocycles. The highest BCUT2D eigenvalue weighted by atomic mass is 16.7. The number of nitrogens with zero attached hydrogens (tertiary/aromatic N) is 1. The van der Waals surface area contributed by atoms with Gasteiger partial charge in [-0.25, -0.2) is 0 Å². The third-order valence-electron chi connectivity index (χ3n) is 3.31. The smallest absolute Gasteiger partial charge is 0.243 e. The second kappa shape index (κ2) is 7.36. The Morgan fingerprint density at radius 2 is 1.68 bits per heavy atom. The van der Waals surface area contributed by atoms with Crippen molar-refractivity contribution in [3.05, 3.63) is 24.3 Å². The lowest BCUT2D eigenvalue weighted by molar-refractivity contribution is 0.00760. The maximum absolute atomic E-state index is 5.66. The van der Waals surface area contributed by atoms with E-state index in [0.29, 0.717) is 6.61 Å². The van der Waals surface area contributed by atoms with E-state index < -0.39 is 0 Å². The number of fused-ring (bicyclic) bond motifs is 1. The van der Waals surface area contributed by atoms with Gasteiger partial charge in [0.15, 0.2) is 11.5 Å². The van der Waals surface area contributed by atoms with Gasteiger partial charge in [-0.2, -0.15) is 0 Å². The molecule has 2 rings (SSSR count). The van der Waals surface area contributed by atoms with Crippen LogP contribution in [0.2, 0.25) is 0 Å².